The third-order valence-corrected chi connectivity index (χ3v) is 16.5. The SMILES string of the molecule is Cc1cc2c3c(c1)-n1c4c(c5cccc(c51)B3c1ccc(N(c3ccc(C(C)(C)C)cc3C)c3ccc(C(C)(C)C)cc3C)cc1N2c1ccc(C(C)(C)C)cc1-c1ccccc1)C(C)(C)c1ccccc1-4. The quantitative estimate of drug-likeness (QED) is 0.159. The summed E-state index contributed by atoms with van der Waals surface area (Å²) in [6.45, 7) is 32.6. The first kappa shape index (κ1) is 46.1. The normalized spacial score (nSPS) is 14.3. The highest BCUT2D eigenvalue weighted by atomic mass is 15.2. The van der Waals surface area contributed by atoms with Crippen LogP contribution < -0.4 is 26.2 Å². The Hall–Kier alpha value is -7.04. The van der Waals surface area contributed by atoms with Crippen LogP contribution >= 0.6 is 0 Å². The molecular weight excluding hydrogens is 870 g/mol. The molecule has 3 heterocycles. The number of fused-ring (bicyclic) bond motifs is 9. The summed E-state index contributed by atoms with van der Waals surface area (Å²) in [5.74, 6) is 0. The third-order valence-electron chi connectivity index (χ3n) is 16.5. The maximum absolute atomic E-state index is 2.67. The summed E-state index contributed by atoms with van der Waals surface area (Å²) in [5, 5.41) is 1.36. The summed E-state index contributed by atoms with van der Waals surface area (Å²) in [7, 11) is 0. The zero-order valence-corrected chi connectivity index (χ0v) is 44.9. The number of aromatic nitrogens is 1. The second-order valence-corrected chi connectivity index (χ2v) is 24.9. The summed E-state index contributed by atoms with van der Waals surface area (Å²) in [4.78, 5) is 5.18. The van der Waals surface area contributed by atoms with Crippen molar-refractivity contribution in [2.45, 2.75) is 119 Å². The van der Waals surface area contributed by atoms with Gasteiger partial charge in [-0.2, -0.15) is 0 Å². The van der Waals surface area contributed by atoms with E-state index >= 15 is 0 Å². The van der Waals surface area contributed by atoms with Crippen molar-refractivity contribution in [1.82, 2.24) is 4.57 Å². The molecule has 1 aromatic heterocycles. The van der Waals surface area contributed by atoms with Gasteiger partial charge in [0.05, 0.1) is 11.4 Å². The molecule has 12 rings (SSSR count). The molecule has 0 spiro atoms. The van der Waals surface area contributed by atoms with Gasteiger partial charge in [0.25, 0.3) is 6.71 Å². The zero-order valence-electron chi connectivity index (χ0n) is 44.9. The Morgan fingerprint density at radius 2 is 1.08 bits per heavy atom. The van der Waals surface area contributed by atoms with Gasteiger partial charge in [-0.05, 0) is 152 Å². The van der Waals surface area contributed by atoms with E-state index in [4.69, 9.17) is 0 Å². The van der Waals surface area contributed by atoms with Crippen molar-refractivity contribution in [3.63, 3.8) is 0 Å². The summed E-state index contributed by atoms with van der Waals surface area (Å²) in [5.41, 5.74) is 29.3. The average molecular weight is 938 g/mol. The number of hydrogen-bond donors (Lipinski definition) is 0. The second-order valence-electron chi connectivity index (χ2n) is 24.9. The number of nitrogens with zero attached hydrogens (tertiary/aromatic N) is 3. The monoisotopic (exact) mass is 938 g/mol. The molecule has 3 aliphatic rings. The topological polar surface area (TPSA) is 11.4 Å². The largest absolute Gasteiger partial charge is 0.311 e. The Labute approximate surface area is 429 Å². The van der Waals surface area contributed by atoms with Crippen molar-refractivity contribution in [1.29, 1.82) is 0 Å². The molecule has 0 bridgehead atoms. The molecule has 0 fully saturated rings. The maximum atomic E-state index is 2.67. The van der Waals surface area contributed by atoms with Crippen LogP contribution in [-0.4, -0.2) is 11.3 Å². The fourth-order valence-corrected chi connectivity index (χ4v) is 12.7. The number of rotatable bonds is 5. The van der Waals surface area contributed by atoms with E-state index < -0.39 is 0 Å². The molecule has 1 aliphatic carbocycles. The Balaban J connectivity index is 1.19. The Morgan fingerprint density at radius 1 is 0.486 bits per heavy atom. The molecule has 4 heteroatoms. The molecule has 0 N–H and O–H groups in total. The van der Waals surface area contributed by atoms with Crippen LogP contribution in [0.5, 0.6) is 0 Å². The first-order valence-corrected chi connectivity index (χ1v) is 26.2. The van der Waals surface area contributed by atoms with E-state index in [1.165, 1.54) is 128 Å². The van der Waals surface area contributed by atoms with E-state index in [-0.39, 0.29) is 28.4 Å². The number of aryl methyl sites for hydroxylation is 3. The van der Waals surface area contributed by atoms with Crippen LogP contribution in [-0.2, 0) is 21.7 Å². The van der Waals surface area contributed by atoms with Gasteiger partial charge in [0, 0.05) is 61.6 Å². The van der Waals surface area contributed by atoms with Crippen LogP contribution in [0.4, 0.5) is 34.1 Å². The van der Waals surface area contributed by atoms with Gasteiger partial charge in [0.1, 0.15) is 0 Å². The van der Waals surface area contributed by atoms with Crippen LogP contribution in [0.25, 0.3) is 39.0 Å². The second kappa shape index (κ2) is 15.7. The lowest BCUT2D eigenvalue weighted by atomic mass is 9.33. The van der Waals surface area contributed by atoms with E-state index in [0.29, 0.717) is 0 Å². The molecule has 8 aromatic carbocycles. The summed E-state index contributed by atoms with van der Waals surface area (Å²) < 4.78 is 2.67. The van der Waals surface area contributed by atoms with Gasteiger partial charge in [-0.3, -0.25) is 0 Å². The van der Waals surface area contributed by atoms with Gasteiger partial charge in [0.2, 0.25) is 0 Å². The van der Waals surface area contributed by atoms with Crippen LogP contribution in [0, 0.1) is 20.8 Å². The molecule has 9 aromatic rings. The Morgan fingerprint density at radius 3 is 1.72 bits per heavy atom. The number of anilines is 6. The lowest BCUT2D eigenvalue weighted by molar-refractivity contribution is 0.589. The number of hydrogen-bond acceptors (Lipinski definition) is 2. The van der Waals surface area contributed by atoms with Crippen LogP contribution in [0.15, 0.2) is 158 Å². The zero-order chi connectivity index (χ0) is 50.6. The highest BCUT2D eigenvalue weighted by Crippen LogP contribution is 2.55. The lowest BCUT2D eigenvalue weighted by Crippen LogP contribution is -2.60. The summed E-state index contributed by atoms with van der Waals surface area (Å²) >= 11 is 0. The summed E-state index contributed by atoms with van der Waals surface area (Å²) in [6.07, 6.45) is 0. The van der Waals surface area contributed by atoms with Crippen LogP contribution in [0.1, 0.15) is 121 Å². The van der Waals surface area contributed by atoms with Crippen LogP contribution in [0.2, 0.25) is 0 Å². The summed E-state index contributed by atoms with van der Waals surface area (Å²) in [6, 6.07) is 61.2. The first-order valence-electron chi connectivity index (χ1n) is 26.2. The molecule has 0 radical (unpaired) electrons. The molecule has 72 heavy (non-hydrogen) atoms. The van der Waals surface area contributed by atoms with E-state index in [9.17, 15) is 0 Å². The lowest BCUT2D eigenvalue weighted by Gasteiger charge is -2.42. The molecule has 0 atom stereocenters. The van der Waals surface area contributed by atoms with Crippen LogP contribution in [0.3, 0.4) is 0 Å². The Bertz CT molecular complexity index is 3650. The van der Waals surface area contributed by atoms with Crippen molar-refractivity contribution in [3.05, 3.63) is 202 Å². The van der Waals surface area contributed by atoms with Crippen molar-refractivity contribution >= 4 is 68.1 Å². The van der Waals surface area contributed by atoms with E-state index in [1.54, 1.807) is 0 Å². The molecule has 3 nitrogen and oxygen atoms in total. The first-order chi connectivity index (χ1) is 34.1. The fraction of sp³-hybridized carbons (Fsp3) is 0.265. The molecule has 2 aliphatic heterocycles. The van der Waals surface area contributed by atoms with Gasteiger partial charge in [-0.25, -0.2) is 0 Å². The predicted molar refractivity (Wildman–Crippen MR) is 311 cm³/mol. The van der Waals surface area contributed by atoms with Crippen molar-refractivity contribution in [3.8, 4) is 28.1 Å². The van der Waals surface area contributed by atoms with Gasteiger partial charge in [-0.1, -0.05) is 185 Å². The van der Waals surface area contributed by atoms with Crippen molar-refractivity contribution in [2.24, 2.45) is 0 Å². The third kappa shape index (κ3) is 6.84. The highest BCUT2D eigenvalue weighted by molar-refractivity contribution is 7.00. The van der Waals surface area contributed by atoms with Gasteiger partial charge < -0.3 is 14.4 Å². The van der Waals surface area contributed by atoms with Crippen molar-refractivity contribution < 1.29 is 0 Å². The van der Waals surface area contributed by atoms with Crippen molar-refractivity contribution in [2.75, 3.05) is 9.80 Å². The average Bonchev–Trinajstić information content (AvgIpc) is 3.81. The fourth-order valence-electron chi connectivity index (χ4n) is 12.7. The number of benzene rings is 8. The molecule has 358 valence electrons. The molecule has 0 amide bonds. The minimum absolute atomic E-state index is 0.00330. The van der Waals surface area contributed by atoms with Gasteiger partial charge in [-0.15, -0.1) is 0 Å². The minimum Gasteiger partial charge on any atom is -0.311 e. The minimum atomic E-state index is -0.158. The highest BCUT2D eigenvalue weighted by Gasteiger charge is 2.47. The molecule has 0 unspecified atom stereocenters. The van der Waals surface area contributed by atoms with Gasteiger partial charge in [0.15, 0.2) is 0 Å². The maximum Gasteiger partial charge on any atom is 0.252 e. The van der Waals surface area contributed by atoms with E-state index in [1.807, 2.05) is 0 Å². The van der Waals surface area contributed by atoms with Gasteiger partial charge >= 0.3 is 0 Å². The molecule has 0 saturated heterocycles. The Kier molecular flexibility index (Phi) is 10.1. The predicted octanol–water partition coefficient (Wildman–Crippen LogP) is 16.5. The standard InChI is InChI=1S/C68H68BN3/c1-41-35-59-62-60(36-41)72-63-50(61-64(72)49-23-18-19-25-52(49)68(61,13)14)24-20-26-54(63)69(62)53-31-30-48(40-58(53)71(59)57-34-29-47(67(10,11)12)39-51(57)44-21-16-15-17-22-44)70(55-32-27-45(37-42(55)2)65(4,5)6)56-33-28-46(38-43(56)3)66(7,8)9/h15-40H,1-14H3. The number of para-hydroxylation sites is 1. The van der Waals surface area contributed by atoms with E-state index in [0.717, 1.165) is 5.69 Å². The molecule has 0 saturated carbocycles. The van der Waals surface area contributed by atoms with E-state index in [2.05, 4.69) is 269 Å². The molecular formula is C68H68BN3. The smallest absolute Gasteiger partial charge is 0.252 e.